The summed E-state index contributed by atoms with van der Waals surface area (Å²) in [5.74, 6) is -0.155. The Morgan fingerprint density at radius 3 is 2.61 bits per heavy atom. The molecule has 0 spiro atoms. The third kappa shape index (κ3) is 4.50. The molecule has 1 unspecified atom stereocenters. The summed E-state index contributed by atoms with van der Waals surface area (Å²) in [5, 5.41) is 2.67. The van der Waals surface area contributed by atoms with Crippen molar-refractivity contribution in [2.75, 3.05) is 23.4 Å². The minimum Gasteiger partial charge on any atom is -0.492 e. The van der Waals surface area contributed by atoms with E-state index in [0.29, 0.717) is 30.3 Å². The number of nitrogens with zero attached hydrogens (tertiary/aromatic N) is 1. The van der Waals surface area contributed by atoms with Gasteiger partial charge in [0.2, 0.25) is 0 Å². The maximum absolute atomic E-state index is 13.9. The number of halogens is 1. The fourth-order valence-electron chi connectivity index (χ4n) is 3.33. The van der Waals surface area contributed by atoms with Crippen LogP contribution in [0.15, 0.2) is 72.8 Å². The zero-order valence-corrected chi connectivity index (χ0v) is 16.9. The zero-order valence-electron chi connectivity index (χ0n) is 16.9. The van der Waals surface area contributed by atoms with E-state index in [1.54, 1.807) is 36.1 Å². The number of anilines is 2. The van der Waals surface area contributed by atoms with E-state index in [9.17, 15) is 14.0 Å². The lowest BCUT2D eigenvalue weighted by Crippen LogP contribution is -2.46. The lowest BCUT2D eigenvalue weighted by molar-refractivity contribution is -0.125. The second-order valence-corrected chi connectivity index (χ2v) is 7.03. The van der Waals surface area contributed by atoms with Crippen molar-refractivity contribution in [2.45, 2.75) is 13.0 Å². The van der Waals surface area contributed by atoms with Gasteiger partial charge in [0.25, 0.3) is 11.8 Å². The zero-order chi connectivity index (χ0) is 21.8. The lowest BCUT2D eigenvalue weighted by Gasteiger charge is -2.33. The topological polar surface area (TPSA) is 67.9 Å². The van der Waals surface area contributed by atoms with Gasteiger partial charge in [-0.3, -0.25) is 9.59 Å². The number of fused-ring (bicyclic) bond motifs is 1. The normalized spacial score (nSPS) is 15.1. The van der Waals surface area contributed by atoms with Crippen LogP contribution in [0, 0.1) is 5.82 Å². The highest BCUT2D eigenvalue weighted by molar-refractivity contribution is 6.05. The van der Waals surface area contributed by atoms with Gasteiger partial charge in [0.1, 0.15) is 23.9 Å². The molecule has 1 aliphatic heterocycles. The second kappa shape index (κ2) is 8.87. The molecule has 0 aliphatic carbocycles. The third-order valence-electron chi connectivity index (χ3n) is 4.87. The van der Waals surface area contributed by atoms with Crippen molar-refractivity contribution in [2.24, 2.45) is 0 Å². The van der Waals surface area contributed by atoms with Crippen LogP contribution in [-0.2, 0) is 4.79 Å². The highest BCUT2D eigenvalue weighted by Gasteiger charge is 2.31. The molecule has 1 heterocycles. The number of hydrogen-bond donors (Lipinski definition) is 1. The van der Waals surface area contributed by atoms with Crippen LogP contribution in [0.3, 0.4) is 0 Å². The van der Waals surface area contributed by atoms with E-state index >= 15 is 0 Å². The highest BCUT2D eigenvalue weighted by Crippen LogP contribution is 2.36. The van der Waals surface area contributed by atoms with E-state index in [4.69, 9.17) is 9.47 Å². The van der Waals surface area contributed by atoms with Crippen LogP contribution >= 0.6 is 0 Å². The Balaban J connectivity index is 1.49. The molecular weight excluding hydrogens is 399 g/mol. The minimum atomic E-state index is -0.679. The molecule has 158 valence electrons. The molecule has 0 aromatic heterocycles. The van der Waals surface area contributed by atoms with Gasteiger partial charge in [0, 0.05) is 11.8 Å². The molecule has 31 heavy (non-hydrogen) atoms. The number of benzene rings is 3. The number of rotatable bonds is 6. The summed E-state index contributed by atoms with van der Waals surface area (Å²) in [7, 11) is 0. The molecule has 0 saturated heterocycles. The summed E-state index contributed by atoms with van der Waals surface area (Å²) >= 11 is 0. The first-order valence-corrected chi connectivity index (χ1v) is 9.89. The van der Waals surface area contributed by atoms with Gasteiger partial charge < -0.3 is 19.7 Å². The van der Waals surface area contributed by atoms with Crippen LogP contribution < -0.4 is 19.7 Å². The van der Waals surface area contributed by atoms with Gasteiger partial charge in [0.15, 0.2) is 6.10 Å². The highest BCUT2D eigenvalue weighted by atomic mass is 19.1. The van der Waals surface area contributed by atoms with Gasteiger partial charge in [-0.1, -0.05) is 30.3 Å². The molecule has 0 saturated carbocycles. The molecular formula is C24H21FN2O4. The van der Waals surface area contributed by atoms with Crippen molar-refractivity contribution in [3.05, 3.63) is 84.2 Å². The number of amides is 2. The number of ether oxygens (including phenoxy) is 2. The Morgan fingerprint density at radius 2 is 1.84 bits per heavy atom. The van der Waals surface area contributed by atoms with E-state index in [1.807, 2.05) is 30.3 Å². The molecule has 1 N–H and O–H groups in total. The molecule has 4 rings (SSSR count). The van der Waals surface area contributed by atoms with Crippen molar-refractivity contribution in [1.82, 2.24) is 0 Å². The van der Waals surface area contributed by atoms with Crippen molar-refractivity contribution >= 4 is 23.2 Å². The van der Waals surface area contributed by atoms with E-state index in [2.05, 4.69) is 5.32 Å². The summed E-state index contributed by atoms with van der Waals surface area (Å²) < 4.78 is 25.3. The minimum absolute atomic E-state index is 0.0515. The van der Waals surface area contributed by atoms with Crippen LogP contribution in [0.5, 0.6) is 11.5 Å². The van der Waals surface area contributed by atoms with Gasteiger partial charge in [0.05, 0.1) is 17.8 Å². The first-order chi connectivity index (χ1) is 15.0. The fraction of sp³-hybridized carbons (Fsp3) is 0.167. The van der Waals surface area contributed by atoms with Gasteiger partial charge in [-0.05, 0) is 43.3 Å². The van der Waals surface area contributed by atoms with Crippen LogP contribution in [0.2, 0.25) is 0 Å². The number of para-hydroxylation sites is 1. The molecule has 0 bridgehead atoms. The smallest absolute Gasteiger partial charge is 0.267 e. The van der Waals surface area contributed by atoms with Crippen LogP contribution in [0.1, 0.15) is 17.3 Å². The van der Waals surface area contributed by atoms with E-state index < -0.39 is 17.8 Å². The number of hydrogen-bond acceptors (Lipinski definition) is 4. The molecule has 3 aromatic rings. The standard InChI is InChI=1S/C24H21FN2O4/c1-16-24(29)27(13-14-30-18-7-3-2-4-8-18)21-12-11-17(15-22(21)31-16)26-23(28)19-9-5-6-10-20(19)25/h2-12,15-16H,13-14H2,1H3,(H,26,28). The first-order valence-electron chi connectivity index (χ1n) is 9.89. The van der Waals surface area contributed by atoms with E-state index in [0.717, 1.165) is 5.75 Å². The Bertz CT molecular complexity index is 1100. The monoisotopic (exact) mass is 420 g/mol. The number of nitrogens with one attached hydrogen (secondary N) is 1. The molecule has 0 fully saturated rings. The number of carbonyl (C=O) groups is 2. The molecule has 3 aromatic carbocycles. The fourth-order valence-corrected chi connectivity index (χ4v) is 3.33. The maximum atomic E-state index is 13.9. The Morgan fingerprint density at radius 1 is 1.10 bits per heavy atom. The molecule has 7 heteroatoms. The lowest BCUT2D eigenvalue weighted by atomic mass is 10.1. The largest absolute Gasteiger partial charge is 0.492 e. The summed E-state index contributed by atoms with van der Waals surface area (Å²) in [5.41, 5.74) is 0.974. The van der Waals surface area contributed by atoms with E-state index in [-0.39, 0.29) is 11.5 Å². The molecule has 6 nitrogen and oxygen atoms in total. The van der Waals surface area contributed by atoms with Crippen LogP contribution in [-0.4, -0.2) is 31.1 Å². The van der Waals surface area contributed by atoms with Crippen LogP contribution in [0.4, 0.5) is 15.8 Å². The first kappa shape index (κ1) is 20.4. The Kier molecular flexibility index (Phi) is 5.84. The van der Waals surface area contributed by atoms with Crippen molar-refractivity contribution in [3.8, 4) is 11.5 Å². The Hall–Kier alpha value is -3.87. The van der Waals surface area contributed by atoms with Crippen molar-refractivity contribution in [3.63, 3.8) is 0 Å². The van der Waals surface area contributed by atoms with Gasteiger partial charge in [-0.25, -0.2) is 4.39 Å². The molecule has 1 atom stereocenters. The van der Waals surface area contributed by atoms with Crippen molar-refractivity contribution in [1.29, 1.82) is 0 Å². The average Bonchev–Trinajstić information content (AvgIpc) is 2.77. The van der Waals surface area contributed by atoms with Crippen molar-refractivity contribution < 1.29 is 23.5 Å². The summed E-state index contributed by atoms with van der Waals surface area (Å²) in [6.07, 6.45) is -0.679. The quantitative estimate of drug-likeness (QED) is 0.647. The maximum Gasteiger partial charge on any atom is 0.267 e. The summed E-state index contributed by atoms with van der Waals surface area (Å²) in [4.78, 5) is 26.6. The summed E-state index contributed by atoms with van der Waals surface area (Å²) in [6.45, 7) is 2.32. The number of carbonyl (C=O) groups excluding carboxylic acids is 2. The molecule has 2 amide bonds. The summed E-state index contributed by atoms with van der Waals surface area (Å²) in [6, 6.07) is 20.1. The molecule has 1 aliphatic rings. The van der Waals surface area contributed by atoms with Gasteiger partial charge in [-0.15, -0.1) is 0 Å². The van der Waals surface area contributed by atoms with Crippen LogP contribution in [0.25, 0.3) is 0 Å². The SMILES string of the molecule is CC1Oc2cc(NC(=O)c3ccccc3F)ccc2N(CCOc2ccccc2)C1=O. The van der Waals surface area contributed by atoms with E-state index in [1.165, 1.54) is 18.2 Å². The second-order valence-electron chi connectivity index (χ2n) is 7.03. The Labute approximate surface area is 179 Å². The van der Waals surface area contributed by atoms with Gasteiger partial charge >= 0.3 is 0 Å². The predicted octanol–water partition coefficient (Wildman–Crippen LogP) is 4.27. The third-order valence-corrected chi connectivity index (χ3v) is 4.87. The molecule has 0 radical (unpaired) electrons. The average molecular weight is 420 g/mol. The van der Waals surface area contributed by atoms with Gasteiger partial charge in [-0.2, -0.15) is 0 Å². The predicted molar refractivity (Wildman–Crippen MR) is 115 cm³/mol.